The lowest BCUT2D eigenvalue weighted by molar-refractivity contribution is -0.115. The number of nitrogens with one attached hydrogen (secondary N) is 2. The Kier molecular flexibility index (Phi) is 3.32. The summed E-state index contributed by atoms with van der Waals surface area (Å²) in [4.78, 5) is 11.9. The van der Waals surface area contributed by atoms with Crippen LogP contribution in [-0.4, -0.2) is 16.1 Å². The summed E-state index contributed by atoms with van der Waals surface area (Å²) in [7, 11) is 0. The Morgan fingerprint density at radius 3 is 2.72 bits per heavy atom. The Hall–Kier alpha value is -2.30. The number of rotatable bonds is 3. The van der Waals surface area contributed by atoms with Crippen LogP contribution in [0.1, 0.15) is 16.8 Å². The zero-order valence-corrected chi connectivity index (χ0v) is 10.4. The highest BCUT2D eigenvalue weighted by molar-refractivity contribution is 5.94. The fourth-order valence-corrected chi connectivity index (χ4v) is 1.69. The van der Waals surface area contributed by atoms with Crippen molar-refractivity contribution in [1.29, 1.82) is 0 Å². The number of nitrogen functional groups attached to an aromatic ring is 1. The van der Waals surface area contributed by atoms with Gasteiger partial charge in [0.2, 0.25) is 5.91 Å². The Bertz CT molecular complexity index is 574. The minimum absolute atomic E-state index is 0.123. The molecular formula is C13H16N4O. The number of hydrogen-bond acceptors (Lipinski definition) is 3. The first-order valence-electron chi connectivity index (χ1n) is 5.72. The first-order valence-corrected chi connectivity index (χ1v) is 5.72. The maximum Gasteiger partial charge on any atom is 0.230 e. The fourth-order valence-electron chi connectivity index (χ4n) is 1.69. The van der Waals surface area contributed by atoms with Crippen LogP contribution < -0.4 is 11.1 Å². The van der Waals surface area contributed by atoms with Crippen molar-refractivity contribution < 1.29 is 4.79 Å². The van der Waals surface area contributed by atoms with Crippen LogP contribution in [0.3, 0.4) is 0 Å². The van der Waals surface area contributed by atoms with E-state index in [0.29, 0.717) is 17.9 Å². The van der Waals surface area contributed by atoms with Crippen LogP contribution in [-0.2, 0) is 11.2 Å². The summed E-state index contributed by atoms with van der Waals surface area (Å²) < 4.78 is 0. The van der Waals surface area contributed by atoms with Crippen LogP contribution in [0.15, 0.2) is 24.3 Å². The number of anilines is 2. The third kappa shape index (κ3) is 2.51. The van der Waals surface area contributed by atoms with Gasteiger partial charge in [0.15, 0.2) is 5.82 Å². The molecule has 0 aliphatic rings. The molecule has 1 aromatic heterocycles. The Labute approximate surface area is 105 Å². The molecule has 0 aliphatic carbocycles. The quantitative estimate of drug-likeness (QED) is 0.769. The number of hydrogen-bond donors (Lipinski definition) is 3. The molecule has 0 aliphatic heterocycles. The van der Waals surface area contributed by atoms with Gasteiger partial charge in [0.05, 0.1) is 17.8 Å². The van der Waals surface area contributed by atoms with Crippen molar-refractivity contribution >= 4 is 17.4 Å². The average molecular weight is 244 g/mol. The lowest BCUT2D eigenvalue weighted by Gasteiger charge is -2.05. The molecule has 0 saturated carbocycles. The monoisotopic (exact) mass is 244 g/mol. The predicted octanol–water partition coefficient (Wildman–Crippen LogP) is 1.79. The van der Waals surface area contributed by atoms with Gasteiger partial charge in [-0.2, -0.15) is 5.10 Å². The lowest BCUT2D eigenvalue weighted by atomic mass is 10.1. The van der Waals surface area contributed by atoms with Gasteiger partial charge in [-0.3, -0.25) is 9.89 Å². The number of aromatic nitrogens is 2. The van der Waals surface area contributed by atoms with Crippen LogP contribution in [0, 0.1) is 13.8 Å². The number of amides is 1. The topological polar surface area (TPSA) is 83.8 Å². The highest BCUT2D eigenvalue weighted by atomic mass is 16.1. The zero-order valence-electron chi connectivity index (χ0n) is 10.4. The molecule has 94 valence electrons. The van der Waals surface area contributed by atoms with Crippen molar-refractivity contribution in [3.05, 3.63) is 41.1 Å². The number of carbonyl (C=O) groups is 1. The van der Waals surface area contributed by atoms with Gasteiger partial charge in [-0.15, -0.1) is 0 Å². The van der Waals surface area contributed by atoms with Crippen LogP contribution in [0.25, 0.3) is 0 Å². The number of benzene rings is 1. The summed E-state index contributed by atoms with van der Waals surface area (Å²) in [5, 5.41) is 9.37. The number of carbonyl (C=O) groups excluding carboxylic acids is 1. The third-order valence-corrected chi connectivity index (χ3v) is 2.86. The molecule has 0 atom stereocenters. The number of aromatic amines is 1. The molecule has 0 radical (unpaired) electrons. The van der Waals surface area contributed by atoms with Crippen molar-refractivity contribution in [3.8, 4) is 0 Å². The first-order chi connectivity index (χ1) is 8.58. The maximum atomic E-state index is 11.9. The van der Waals surface area contributed by atoms with Gasteiger partial charge in [-0.1, -0.05) is 24.3 Å². The molecule has 1 amide bonds. The van der Waals surface area contributed by atoms with E-state index in [1.807, 2.05) is 31.2 Å². The van der Waals surface area contributed by atoms with Gasteiger partial charge in [-0.25, -0.2) is 0 Å². The number of aryl methyl sites for hydroxylation is 2. The molecule has 5 heteroatoms. The molecular weight excluding hydrogens is 228 g/mol. The average Bonchev–Trinajstić information content (AvgIpc) is 2.64. The molecule has 0 saturated heterocycles. The van der Waals surface area contributed by atoms with Crippen LogP contribution >= 0.6 is 0 Å². The van der Waals surface area contributed by atoms with Crippen LogP contribution in [0.4, 0.5) is 11.5 Å². The van der Waals surface area contributed by atoms with Gasteiger partial charge >= 0.3 is 0 Å². The van der Waals surface area contributed by atoms with Crippen molar-refractivity contribution in [3.63, 3.8) is 0 Å². The molecule has 0 fully saturated rings. The first kappa shape index (κ1) is 12.2. The minimum Gasteiger partial charge on any atom is -0.394 e. The highest BCUT2D eigenvalue weighted by Crippen LogP contribution is 2.18. The molecule has 2 aromatic rings. The Balaban J connectivity index is 2.06. The van der Waals surface area contributed by atoms with Crippen molar-refractivity contribution in [2.24, 2.45) is 0 Å². The molecule has 4 N–H and O–H groups in total. The van der Waals surface area contributed by atoms with E-state index in [1.165, 1.54) is 0 Å². The predicted molar refractivity (Wildman–Crippen MR) is 71.2 cm³/mol. The van der Waals surface area contributed by atoms with E-state index < -0.39 is 0 Å². The SMILES string of the molecule is Cc1ccccc1CC(=O)Nc1n[nH]c(C)c1N. The summed E-state index contributed by atoms with van der Waals surface area (Å²) in [5.74, 6) is 0.272. The highest BCUT2D eigenvalue weighted by Gasteiger charge is 2.11. The van der Waals surface area contributed by atoms with Crippen LogP contribution in [0.5, 0.6) is 0 Å². The van der Waals surface area contributed by atoms with Crippen molar-refractivity contribution in [1.82, 2.24) is 10.2 Å². The van der Waals surface area contributed by atoms with E-state index >= 15 is 0 Å². The van der Waals surface area contributed by atoms with Crippen molar-refractivity contribution in [2.75, 3.05) is 11.1 Å². The number of H-pyrrole nitrogens is 1. The Morgan fingerprint density at radius 2 is 2.11 bits per heavy atom. The molecule has 1 heterocycles. The minimum atomic E-state index is -0.123. The van der Waals surface area contributed by atoms with E-state index in [2.05, 4.69) is 15.5 Å². The summed E-state index contributed by atoms with van der Waals surface area (Å²) in [6.07, 6.45) is 0.317. The normalized spacial score (nSPS) is 10.3. The molecule has 0 bridgehead atoms. The molecule has 5 nitrogen and oxygen atoms in total. The summed E-state index contributed by atoms with van der Waals surface area (Å²) >= 11 is 0. The second-order valence-corrected chi connectivity index (χ2v) is 4.26. The van der Waals surface area contributed by atoms with Gasteiger partial charge in [-0.05, 0) is 25.0 Å². The molecule has 0 spiro atoms. The van der Waals surface area contributed by atoms with Gasteiger partial charge in [0.25, 0.3) is 0 Å². The van der Waals surface area contributed by atoms with E-state index in [9.17, 15) is 4.79 Å². The number of nitrogens with two attached hydrogens (primary N) is 1. The van der Waals surface area contributed by atoms with Gasteiger partial charge in [0, 0.05) is 0 Å². The second-order valence-electron chi connectivity index (χ2n) is 4.26. The lowest BCUT2D eigenvalue weighted by Crippen LogP contribution is -2.16. The van der Waals surface area contributed by atoms with E-state index in [4.69, 9.17) is 5.73 Å². The summed E-state index contributed by atoms with van der Waals surface area (Å²) in [6, 6.07) is 7.79. The molecule has 2 rings (SSSR count). The van der Waals surface area contributed by atoms with E-state index in [-0.39, 0.29) is 5.91 Å². The standard InChI is InChI=1S/C13H16N4O/c1-8-5-3-4-6-10(8)7-11(18)15-13-12(14)9(2)16-17-13/h3-6H,7,14H2,1-2H3,(H2,15,16,17,18). The van der Waals surface area contributed by atoms with Gasteiger partial charge in [0.1, 0.15) is 0 Å². The second kappa shape index (κ2) is 4.91. The zero-order chi connectivity index (χ0) is 13.1. The van der Waals surface area contributed by atoms with E-state index in [0.717, 1.165) is 16.8 Å². The van der Waals surface area contributed by atoms with Gasteiger partial charge < -0.3 is 11.1 Å². The molecule has 1 aromatic carbocycles. The van der Waals surface area contributed by atoms with E-state index in [1.54, 1.807) is 6.92 Å². The summed E-state index contributed by atoms with van der Waals surface area (Å²) in [6.45, 7) is 3.79. The maximum absolute atomic E-state index is 11.9. The smallest absolute Gasteiger partial charge is 0.230 e. The third-order valence-electron chi connectivity index (χ3n) is 2.86. The fraction of sp³-hybridized carbons (Fsp3) is 0.231. The Morgan fingerprint density at radius 1 is 1.39 bits per heavy atom. The van der Waals surface area contributed by atoms with Crippen molar-refractivity contribution in [2.45, 2.75) is 20.3 Å². The molecule has 18 heavy (non-hydrogen) atoms. The van der Waals surface area contributed by atoms with Crippen LogP contribution in [0.2, 0.25) is 0 Å². The number of nitrogens with zero attached hydrogens (tertiary/aromatic N) is 1. The summed E-state index contributed by atoms with van der Waals surface area (Å²) in [5.41, 5.74) is 9.09. The molecule has 0 unspecified atom stereocenters. The largest absolute Gasteiger partial charge is 0.394 e.